The van der Waals surface area contributed by atoms with Gasteiger partial charge < -0.3 is 10.1 Å². The summed E-state index contributed by atoms with van der Waals surface area (Å²) in [5.41, 5.74) is 1.39. The third kappa shape index (κ3) is 2.80. The highest BCUT2D eigenvalue weighted by Crippen LogP contribution is 2.24. The molecule has 1 N–H and O–H groups in total. The van der Waals surface area contributed by atoms with Crippen LogP contribution in [0, 0.1) is 5.92 Å². The van der Waals surface area contributed by atoms with E-state index in [1.807, 2.05) is 0 Å². The number of benzene rings is 2. The van der Waals surface area contributed by atoms with E-state index in [0.29, 0.717) is 12.0 Å². The topological polar surface area (TPSA) is 21.3 Å². The van der Waals surface area contributed by atoms with Crippen LogP contribution in [0.5, 0.6) is 0 Å². The van der Waals surface area contributed by atoms with Gasteiger partial charge in [-0.25, -0.2) is 0 Å². The standard InChI is InChI=1S/C17H21NO/c1-13(18-11-14-9-10-19-12-14)16-8-4-6-15-5-2-3-7-17(15)16/h2-8,13-14,18H,9-12H2,1H3. The molecule has 0 aliphatic carbocycles. The average Bonchev–Trinajstić information content (AvgIpc) is 2.97. The fourth-order valence-electron chi connectivity index (χ4n) is 2.83. The summed E-state index contributed by atoms with van der Waals surface area (Å²) < 4.78 is 5.43. The fraction of sp³-hybridized carbons (Fsp3) is 0.412. The molecule has 100 valence electrons. The quantitative estimate of drug-likeness (QED) is 0.902. The summed E-state index contributed by atoms with van der Waals surface area (Å²) in [6.07, 6.45) is 1.19. The van der Waals surface area contributed by atoms with E-state index in [9.17, 15) is 0 Å². The second-order valence-electron chi connectivity index (χ2n) is 5.43. The Kier molecular flexibility index (Phi) is 3.81. The fourth-order valence-corrected chi connectivity index (χ4v) is 2.83. The van der Waals surface area contributed by atoms with Gasteiger partial charge >= 0.3 is 0 Å². The molecule has 1 saturated heterocycles. The lowest BCUT2D eigenvalue weighted by atomic mass is 9.99. The first-order valence-corrected chi connectivity index (χ1v) is 7.13. The molecular formula is C17H21NO. The minimum atomic E-state index is 0.381. The Morgan fingerprint density at radius 1 is 1.21 bits per heavy atom. The Morgan fingerprint density at radius 3 is 2.89 bits per heavy atom. The van der Waals surface area contributed by atoms with Crippen molar-refractivity contribution in [1.82, 2.24) is 5.32 Å². The molecule has 0 spiro atoms. The molecule has 1 heterocycles. The van der Waals surface area contributed by atoms with Gasteiger partial charge in [-0.1, -0.05) is 42.5 Å². The van der Waals surface area contributed by atoms with Gasteiger partial charge in [0.2, 0.25) is 0 Å². The van der Waals surface area contributed by atoms with Crippen LogP contribution < -0.4 is 5.32 Å². The van der Waals surface area contributed by atoms with E-state index in [-0.39, 0.29) is 0 Å². The first-order chi connectivity index (χ1) is 9.34. The SMILES string of the molecule is CC(NCC1CCOC1)c1cccc2ccccc12. The van der Waals surface area contributed by atoms with Crippen molar-refractivity contribution < 1.29 is 4.74 Å². The molecular weight excluding hydrogens is 234 g/mol. The molecule has 2 nitrogen and oxygen atoms in total. The number of rotatable bonds is 4. The van der Waals surface area contributed by atoms with Crippen molar-refractivity contribution in [3.05, 3.63) is 48.0 Å². The van der Waals surface area contributed by atoms with Crippen LogP contribution in [0.25, 0.3) is 10.8 Å². The van der Waals surface area contributed by atoms with Gasteiger partial charge in [0.1, 0.15) is 0 Å². The number of hydrogen-bond acceptors (Lipinski definition) is 2. The monoisotopic (exact) mass is 255 g/mol. The van der Waals surface area contributed by atoms with Crippen molar-refractivity contribution in [3.63, 3.8) is 0 Å². The maximum atomic E-state index is 5.43. The van der Waals surface area contributed by atoms with Gasteiger partial charge in [0.15, 0.2) is 0 Å². The highest BCUT2D eigenvalue weighted by atomic mass is 16.5. The van der Waals surface area contributed by atoms with Crippen LogP contribution >= 0.6 is 0 Å². The summed E-state index contributed by atoms with van der Waals surface area (Å²) >= 11 is 0. The molecule has 3 rings (SSSR count). The number of nitrogens with one attached hydrogen (secondary N) is 1. The molecule has 1 fully saturated rings. The lowest BCUT2D eigenvalue weighted by Crippen LogP contribution is -2.26. The third-order valence-electron chi connectivity index (χ3n) is 4.03. The van der Waals surface area contributed by atoms with E-state index < -0.39 is 0 Å². The summed E-state index contributed by atoms with van der Waals surface area (Å²) in [6.45, 7) is 5.13. The first kappa shape index (κ1) is 12.6. The van der Waals surface area contributed by atoms with E-state index in [0.717, 1.165) is 19.8 Å². The lowest BCUT2D eigenvalue weighted by molar-refractivity contribution is 0.184. The smallest absolute Gasteiger partial charge is 0.0507 e. The van der Waals surface area contributed by atoms with Crippen LogP contribution in [-0.4, -0.2) is 19.8 Å². The Bertz CT molecular complexity index is 540. The van der Waals surface area contributed by atoms with Crippen LogP contribution in [0.15, 0.2) is 42.5 Å². The van der Waals surface area contributed by atoms with Crippen molar-refractivity contribution in [1.29, 1.82) is 0 Å². The normalized spacial score (nSPS) is 20.8. The Balaban J connectivity index is 1.75. The molecule has 0 aromatic heterocycles. The molecule has 2 atom stereocenters. The summed E-state index contributed by atoms with van der Waals surface area (Å²) in [6, 6.07) is 15.5. The zero-order chi connectivity index (χ0) is 13.1. The largest absolute Gasteiger partial charge is 0.381 e. The molecule has 0 saturated carbocycles. The van der Waals surface area contributed by atoms with Crippen LogP contribution in [-0.2, 0) is 4.74 Å². The van der Waals surface area contributed by atoms with E-state index in [2.05, 4.69) is 54.7 Å². The molecule has 0 bridgehead atoms. The van der Waals surface area contributed by atoms with E-state index in [1.54, 1.807) is 0 Å². The Hall–Kier alpha value is -1.38. The zero-order valence-electron chi connectivity index (χ0n) is 11.4. The molecule has 0 amide bonds. The van der Waals surface area contributed by atoms with Crippen molar-refractivity contribution >= 4 is 10.8 Å². The first-order valence-electron chi connectivity index (χ1n) is 7.13. The van der Waals surface area contributed by atoms with E-state index in [1.165, 1.54) is 22.8 Å². The summed E-state index contributed by atoms with van der Waals surface area (Å²) in [4.78, 5) is 0. The van der Waals surface area contributed by atoms with Gasteiger partial charge in [0, 0.05) is 19.2 Å². The van der Waals surface area contributed by atoms with Crippen LogP contribution in [0.1, 0.15) is 24.9 Å². The predicted molar refractivity (Wildman–Crippen MR) is 79.3 cm³/mol. The summed E-state index contributed by atoms with van der Waals surface area (Å²) in [7, 11) is 0. The summed E-state index contributed by atoms with van der Waals surface area (Å²) in [5.74, 6) is 0.678. The lowest BCUT2D eigenvalue weighted by Gasteiger charge is -2.18. The summed E-state index contributed by atoms with van der Waals surface area (Å²) in [5, 5.41) is 6.32. The number of fused-ring (bicyclic) bond motifs is 1. The highest BCUT2D eigenvalue weighted by molar-refractivity contribution is 5.86. The van der Waals surface area contributed by atoms with Crippen LogP contribution in [0.3, 0.4) is 0 Å². The van der Waals surface area contributed by atoms with Crippen LogP contribution in [0.2, 0.25) is 0 Å². The van der Waals surface area contributed by atoms with Gasteiger partial charge in [-0.15, -0.1) is 0 Å². The van der Waals surface area contributed by atoms with Crippen molar-refractivity contribution in [2.75, 3.05) is 19.8 Å². The van der Waals surface area contributed by atoms with E-state index >= 15 is 0 Å². The molecule has 2 aromatic carbocycles. The number of hydrogen-bond donors (Lipinski definition) is 1. The molecule has 2 heteroatoms. The molecule has 19 heavy (non-hydrogen) atoms. The van der Waals surface area contributed by atoms with Gasteiger partial charge in [-0.05, 0) is 35.6 Å². The Labute approximate surface area is 114 Å². The molecule has 2 aromatic rings. The molecule has 2 unspecified atom stereocenters. The maximum absolute atomic E-state index is 5.43. The van der Waals surface area contributed by atoms with Gasteiger partial charge in [-0.2, -0.15) is 0 Å². The van der Waals surface area contributed by atoms with Gasteiger partial charge in [0.25, 0.3) is 0 Å². The second kappa shape index (κ2) is 5.72. The van der Waals surface area contributed by atoms with Gasteiger partial charge in [0.05, 0.1) is 6.61 Å². The minimum Gasteiger partial charge on any atom is -0.381 e. The third-order valence-corrected chi connectivity index (χ3v) is 4.03. The molecule has 1 aliphatic heterocycles. The highest BCUT2D eigenvalue weighted by Gasteiger charge is 2.17. The van der Waals surface area contributed by atoms with Crippen LogP contribution in [0.4, 0.5) is 0 Å². The minimum absolute atomic E-state index is 0.381. The van der Waals surface area contributed by atoms with Crippen molar-refractivity contribution in [3.8, 4) is 0 Å². The second-order valence-corrected chi connectivity index (χ2v) is 5.43. The van der Waals surface area contributed by atoms with Crippen molar-refractivity contribution in [2.45, 2.75) is 19.4 Å². The zero-order valence-corrected chi connectivity index (χ0v) is 11.4. The van der Waals surface area contributed by atoms with E-state index in [4.69, 9.17) is 4.74 Å². The van der Waals surface area contributed by atoms with Crippen molar-refractivity contribution in [2.24, 2.45) is 5.92 Å². The van der Waals surface area contributed by atoms with Gasteiger partial charge in [-0.3, -0.25) is 0 Å². The predicted octanol–water partition coefficient (Wildman–Crippen LogP) is 3.53. The molecule has 1 aliphatic rings. The Morgan fingerprint density at radius 2 is 2.05 bits per heavy atom. The number of ether oxygens (including phenoxy) is 1. The molecule has 0 radical (unpaired) electrons. The maximum Gasteiger partial charge on any atom is 0.0507 e. The average molecular weight is 255 g/mol.